The Morgan fingerprint density at radius 2 is 1.83 bits per heavy atom. The van der Waals surface area contributed by atoms with Crippen LogP contribution in [0.2, 0.25) is 0 Å². The van der Waals surface area contributed by atoms with Crippen molar-refractivity contribution in [2.75, 3.05) is 0 Å². The molecule has 0 saturated heterocycles. The van der Waals surface area contributed by atoms with Crippen molar-refractivity contribution in [2.45, 2.75) is 58.6 Å². The summed E-state index contributed by atoms with van der Waals surface area (Å²) in [6.45, 7) is 4.12. The molecule has 1 atom stereocenters. The van der Waals surface area contributed by atoms with Gasteiger partial charge in [-0.05, 0) is 17.4 Å². The second kappa shape index (κ2) is 8.70. The topological polar surface area (TPSA) is 55.4 Å². The van der Waals surface area contributed by atoms with Crippen molar-refractivity contribution >= 4 is 11.9 Å². The van der Waals surface area contributed by atoms with E-state index in [9.17, 15) is 9.59 Å². The maximum atomic E-state index is 12.5. The minimum atomic E-state index is -0.521. The lowest BCUT2D eigenvalue weighted by Crippen LogP contribution is -2.45. The van der Waals surface area contributed by atoms with Gasteiger partial charge in [0.25, 0.3) is 0 Å². The first kappa shape index (κ1) is 17.5. The van der Waals surface area contributed by atoms with Crippen LogP contribution < -0.4 is 5.32 Å². The number of hydrogen-bond acceptors (Lipinski definition) is 3. The van der Waals surface area contributed by atoms with E-state index in [2.05, 4.69) is 5.32 Å². The van der Waals surface area contributed by atoms with Gasteiger partial charge in [0.1, 0.15) is 6.61 Å². The van der Waals surface area contributed by atoms with Gasteiger partial charge in [0.2, 0.25) is 0 Å². The minimum absolute atomic E-state index is 0.0631. The van der Waals surface area contributed by atoms with Crippen molar-refractivity contribution in [1.82, 2.24) is 5.32 Å². The fourth-order valence-corrected chi connectivity index (χ4v) is 3.14. The highest BCUT2D eigenvalue weighted by Crippen LogP contribution is 2.28. The number of alkyl carbamates (subject to hydrolysis) is 1. The summed E-state index contributed by atoms with van der Waals surface area (Å²) in [5, 5.41) is 2.75. The van der Waals surface area contributed by atoms with Gasteiger partial charge in [-0.2, -0.15) is 0 Å². The summed E-state index contributed by atoms with van der Waals surface area (Å²) in [6, 6.07) is 9.06. The zero-order chi connectivity index (χ0) is 16.7. The third kappa shape index (κ3) is 5.70. The molecule has 0 radical (unpaired) electrons. The molecule has 2 rings (SSSR count). The molecule has 23 heavy (non-hydrogen) atoms. The van der Waals surface area contributed by atoms with Crippen molar-refractivity contribution < 1.29 is 14.3 Å². The monoisotopic (exact) mass is 317 g/mol. The van der Waals surface area contributed by atoms with E-state index in [1.165, 1.54) is 12.8 Å². The van der Waals surface area contributed by atoms with E-state index in [1.54, 1.807) is 0 Å². The number of carbonyl (C=O) groups is 2. The van der Waals surface area contributed by atoms with Gasteiger partial charge in [-0.1, -0.05) is 69.9 Å². The van der Waals surface area contributed by atoms with E-state index in [1.807, 2.05) is 44.2 Å². The number of ketones is 1. The van der Waals surface area contributed by atoms with Gasteiger partial charge >= 0.3 is 6.09 Å². The third-order valence-corrected chi connectivity index (χ3v) is 4.46. The molecule has 1 saturated carbocycles. The largest absolute Gasteiger partial charge is 0.445 e. The molecule has 0 bridgehead atoms. The van der Waals surface area contributed by atoms with Gasteiger partial charge in [0.05, 0.1) is 6.04 Å². The lowest BCUT2D eigenvalue weighted by atomic mass is 9.92. The smallest absolute Gasteiger partial charge is 0.408 e. The Bertz CT molecular complexity index is 507. The SMILES string of the molecule is CC(C)[C@H](NC(=O)OCc1ccccc1)C(=O)CC1CCCC1. The molecule has 1 N–H and O–H groups in total. The van der Waals surface area contributed by atoms with Crippen LogP contribution in [0, 0.1) is 11.8 Å². The molecule has 4 nitrogen and oxygen atoms in total. The van der Waals surface area contributed by atoms with Crippen LogP contribution in [0.3, 0.4) is 0 Å². The van der Waals surface area contributed by atoms with Crippen molar-refractivity contribution in [1.29, 1.82) is 0 Å². The molecule has 0 heterocycles. The maximum absolute atomic E-state index is 12.5. The molecule has 126 valence electrons. The second-order valence-corrected chi connectivity index (χ2v) is 6.75. The van der Waals surface area contributed by atoms with Crippen LogP contribution in [0.1, 0.15) is 51.5 Å². The molecular weight excluding hydrogens is 290 g/mol. The Hall–Kier alpha value is -1.84. The van der Waals surface area contributed by atoms with Gasteiger partial charge < -0.3 is 10.1 Å². The Morgan fingerprint density at radius 3 is 2.43 bits per heavy atom. The van der Waals surface area contributed by atoms with E-state index in [0.717, 1.165) is 18.4 Å². The highest BCUT2D eigenvalue weighted by molar-refractivity contribution is 5.87. The van der Waals surface area contributed by atoms with Crippen LogP contribution in [-0.2, 0) is 16.1 Å². The van der Waals surface area contributed by atoms with Gasteiger partial charge in [-0.25, -0.2) is 4.79 Å². The number of carbonyl (C=O) groups excluding carboxylic acids is 2. The fourth-order valence-electron chi connectivity index (χ4n) is 3.14. The predicted octanol–water partition coefficient (Wildman–Crippen LogP) is 4.09. The van der Waals surface area contributed by atoms with Crippen LogP contribution in [-0.4, -0.2) is 17.9 Å². The molecule has 0 aromatic heterocycles. The Kier molecular flexibility index (Phi) is 6.63. The average molecular weight is 317 g/mol. The van der Waals surface area contributed by atoms with Crippen LogP contribution >= 0.6 is 0 Å². The first-order chi connectivity index (χ1) is 11.1. The Morgan fingerprint density at radius 1 is 1.17 bits per heavy atom. The highest BCUT2D eigenvalue weighted by Gasteiger charge is 2.28. The van der Waals surface area contributed by atoms with E-state index in [-0.39, 0.29) is 18.3 Å². The van der Waals surface area contributed by atoms with Gasteiger partial charge in [-0.15, -0.1) is 0 Å². The quantitative estimate of drug-likeness (QED) is 0.824. The zero-order valence-corrected chi connectivity index (χ0v) is 14.1. The predicted molar refractivity (Wildman–Crippen MR) is 90.0 cm³/mol. The summed E-state index contributed by atoms with van der Waals surface area (Å²) in [5.74, 6) is 0.683. The van der Waals surface area contributed by atoms with Gasteiger partial charge in [0.15, 0.2) is 5.78 Å². The number of benzene rings is 1. The lowest BCUT2D eigenvalue weighted by molar-refractivity contribution is -0.122. The van der Waals surface area contributed by atoms with Crippen LogP contribution in [0.4, 0.5) is 4.79 Å². The standard InChI is InChI=1S/C19H27NO3/c1-14(2)18(17(21)12-15-8-6-7-9-15)20-19(22)23-13-16-10-4-3-5-11-16/h3-5,10-11,14-15,18H,6-9,12-13H2,1-2H3,(H,20,22)/t18-/m0/s1. The summed E-state index contributed by atoms with van der Waals surface area (Å²) in [4.78, 5) is 24.5. The van der Waals surface area contributed by atoms with Crippen molar-refractivity contribution in [3.8, 4) is 0 Å². The van der Waals surface area contributed by atoms with E-state index in [0.29, 0.717) is 12.3 Å². The molecule has 0 unspecified atom stereocenters. The summed E-state index contributed by atoms with van der Waals surface area (Å²) < 4.78 is 5.23. The summed E-state index contributed by atoms with van der Waals surface area (Å²) in [6.07, 6.45) is 4.76. The number of rotatable bonds is 7. The molecule has 1 aliphatic carbocycles. The fraction of sp³-hybridized carbons (Fsp3) is 0.579. The van der Waals surface area contributed by atoms with E-state index in [4.69, 9.17) is 4.74 Å². The normalized spacial score (nSPS) is 16.3. The van der Waals surface area contributed by atoms with Crippen LogP contribution in [0.15, 0.2) is 30.3 Å². The maximum Gasteiger partial charge on any atom is 0.408 e. The Labute approximate surface area is 138 Å². The molecule has 1 aromatic carbocycles. The molecule has 1 amide bonds. The molecule has 1 aliphatic rings. The van der Waals surface area contributed by atoms with Gasteiger partial charge in [0, 0.05) is 6.42 Å². The lowest BCUT2D eigenvalue weighted by Gasteiger charge is -2.22. The van der Waals surface area contributed by atoms with E-state index < -0.39 is 12.1 Å². The minimum Gasteiger partial charge on any atom is -0.445 e. The number of amides is 1. The molecule has 0 spiro atoms. The molecule has 0 aliphatic heterocycles. The van der Waals surface area contributed by atoms with Crippen LogP contribution in [0.25, 0.3) is 0 Å². The van der Waals surface area contributed by atoms with Crippen molar-refractivity contribution in [3.63, 3.8) is 0 Å². The van der Waals surface area contributed by atoms with Crippen molar-refractivity contribution in [2.24, 2.45) is 11.8 Å². The molecular formula is C19H27NO3. The van der Waals surface area contributed by atoms with Crippen molar-refractivity contribution in [3.05, 3.63) is 35.9 Å². The van der Waals surface area contributed by atoms with E-state index >= 15 is 0 Å². The number of hydrogen-bond donors (Lipinski definition) is 1. The summed E-state index contributed by atoms with van der Waals surface area (Å²) >= 11 is 0. The first-order valence-electron chi connectivity index (χ1n) is 8.56. The molecule has 4 heteroatoms. The summed E-state index contributed by atoms with van der Waals surface area (Å²) in [7, 11) is 0. The van der Waals surface area contributed by atoms with Gasteiger partial charge in [-0.3, -0.25) is 4.79 Å². The third-order valence-electron chi connectivity index (χ3n) is 4.46. The first-order valence-corrected chi connectivity index (χ1v) is 8.56. The average Bonchev–Trinajstić information content (AvgIpc) is 3.04. The number of nitrogens with one attached hydrogen (secondary N) is 1. The Balaban J connectivity index is 1.82. The molecule has 1 fully saturated rings. The summed E-state index contributed by atoms with van der Waals surface area (Å²) in [5.41, 5.74) is 0.932. The highest BCUT2D eigenvalue weighted by atomic mass is 16.5. The van der Waals surface area contributed by atoms with Crippen LogP contribution in [0.5, 0.6) is 0 Å². The zero-order valence-electron chi connectivity index (χ0n) is 14.1. The number of Topliss-reactive ketones (excluding diaryl/α,β-unsaturated/α-hetero) is 1. The number of ether oxygens (including phenoxy) is 1. The molecule has 1 aromatic rings. The second-order valence-electron chi connectivity index (χ2n) is 6.75.